The van der Waals surface area contributed by atoms with Crippen molar-refractivity contribution in [2.45, 2.75) is 13.1 Å². The number of carbonyl (C=O) groups excluding carboxylic acids is 1. The molecule has 0 atom stereocenters. The first kappa shape index (κ1) is 24.6. The Labute approximate surface area is 203 Å². The number of para-hydroxylation sites is 2. The molecular weight excluding hydrogens is 479 g/mol. The second-order valence-corrected chi connectivity index (χ2v) is 7.70. The number of nitrogens with one attached hydrogen (secondary N) is 1. The summed E-state index contributed by atoms with van der Waals surface area (Å²) in [6, 6.07) is 16.7. The number of ether oxygens (including phenoxy) is 3. The van der Waals surface area contributed by atoms with Crippen molar-refractivity contribution in [3.05, 3.63) is 88.3 Å². The molecule has 0 aliphatic heterocycles. The molecule has 1 amide bonds. The predicted molar refractivity (Wildman–Crippen MR) is 126 cm³/mol. The van der Waals surface area contributed by atoms with Crippen molar-refractivity contribution in [3.63, 3.8) is 0 Å². The number of anilines is 1. The number of amides is 1. The number of alkyl halides is 3. The molecule has 4 aromatic rings. The van der Waals surface area contributed by atoms with Crippen molar-refractivity contribution in [2.24, 2.45) is 0 Å². The molecule has 0 bridgehead atoms. The van der Waals surface area contributed by atoms with Crippen molar-refractivity contribution in [1.82, 2.24) is 0 Å². The summed E-state index contributed by atoms with van der Waals surface area (Å²) in [5.74, 6) is -2.53. The zero-order chi connectivity index (χ0) is 25.9. The van der Waals surface area contributed by atoms with Gasteiger partial charge in [0, 0.05) is 6.07 Å². The van der Waals surface area contributed by atoms with Gasteiger partial charge in [-0.25, -0.2) is 0 Å². The number of benzene rings is 3. The topological polar surface area (TPSA) is 87.0 Å². The van der Waals surface area contributed by atoms with Crippen molar-refractivity contribution >= 4 is 22.6 Å². The highest BCUT2D eigenvalue weighted by atomic mass is 19.4. The molecule has 10 heteroatoms. The SMILES string of the molecule is COc1ccccc1NC(=O)COc1ccc2c(=O)c(Oc3cccc(C)c3)c(C(F)(F)F)oc2c1. The smallest absolute Gasteiger partial charge is 0.453 e. The van der Waals surface area contributed by atoms with E-state index in [-0.39, 0.29) is 22.5 Å². The Hall–Kier alpha value is -4.47. The van der Waals surface area contributed by atoms with Crippen LogP contribution in [0.15, 0.2) is 75.9 Å². The van der Waals surface area contributed by atoms with Gasteiger partial charge in [0.1, 0.15) is 22.8 Å². The summed E-state index contributed by atoms with van der Waals surface area (Å²) in [5, 5.41) is 2.47. The minimum absolute atomic E-state index is 0.0290. The minimum Gasteiger partial charge on any atom is -0.495 e. The maximum Gasteiger partial charge on any atom is 0.453 e. The number of methoxy groups -OCH3 is 1. The number of hydrogen-bond donors (Lipinski definition) is 1. The second-order valence-electron chi connectivity index (χ2n) is 7.70. The molecule has 4 rings (SSSR count). The first-order chi connectivity index (χ1) is 17.2. The highest BCUT2D eigenvalue weighted by molar-refractivity contribution is 5.93. The molecule has 1 aromatic heterocycles. The fourth-order valence-corrected chi connectivity index (χ4v) is 3.41. The summed E-state index contributed by atoms with van der Waals surface area (Å²) in [5.41, 5.74) is -0.200. The summed E-state index contributed by atoms with van der Waals surface area (Å²) in [7, 11) is 1.46. The monoisotopic (exact) mass is 499 g/mol. The van der Waals surface area contributed by atoms with Crippen LogP contribution in [-0.2, 0) is 11.0 Å². The summed E-state index contributed by atoms with van der Waals surface area (Å²) in [4.78, 5) is 25.2. The molecule has 36 heavy (non-hydrogen) atoms. The molecular formula is C26H20F3NO6. The molecule has 186 valence electrons. The fourth-order valence-electron chi connectivity index (χ4n) is 3.41. The van der Waals surface area contributed by atoms with Gasteiger partial charge in [0.15, 0.2) is 6.61 Å². The lowest BCUT2D eigenvalue weighted by Crippen LogP contribution is -2.20. The zero-order valence-electron chi connectivity index (χ0n) is 19.1. The zero-order valence-corrected chi connectivity index (χ0v) is 19.1. The van der Waals surface area contributed by atoms with Gasteiger partial charge in [-0.1, -0.05) is 24.3 Å². The molecule has 0 aliphatic rings. The average molecular weight is 499 g/mol. The third-order valence-electron chi connectivity index (χ3n) is 5.04. The first-order valence-electron chi connectivity index (χ1n) is 10.6. The lowest BCUT2D eigenvalue weighted by atomic mass is 10.2. The summed E-state index contributed by atoms with van der Waals surface area (Å²) >= 11 is 0. The normalized spacial score (nSPS) is 11.2. The molecule has 7 nitrogen and oxygen atoms in total. The Morgan fingerprint density at radius 3 is 2.50 bits per heavy atom. The molecule has 0 saturated carbocycles. The first-order valence-corrected chi connectivity index (χ1v) is 10.6. The Morgan fingerprint density at radius 2 is 1.78 bits per heavy atom. The maximum atomic E-state index is 13.8. The van der Waals surface area contributed by atoms with Crippen LogP contribution in [-0.4, -0.2) is 19.6 Å². The predicted octanol–water partition coefficient (Wildman–Crippen LogP) is 5.94. The van der Waals surface area contributed by atoms with Crippen LogP contribution in [0.25, 0.3) is 11.0 Å². The van der Waals surface area contributed by atoms with Crippen molar-refractivity contribution in [1.29, 1.82) is 0 Å². The van der Waals surface area contributed by atoms with Gasteiger partial charge in [-0.05, 0) is 48.9 Å². The van der Waals surface area contributed by atoms with Crippen LogP contribution in [0.3, 0.4) is 0 Å². The Morgan fingerprint density at radius 1 is 1.00 bits per heavy atom. The van der Waals surface area contributed by atoms with Gasteiger partial charge in [-0.2, -0.15) is 13.2 Å². The number of fused-ring (bicyclic) bond motifs is 1. The van der Waals surface area contributed by atoms with Gasteiger partial charge < -0.3 is 23.9 Å². The van der Waals surface area contributed by atoms with Gasteiger partial charge >= 0.3 is 6.18 Å². The van der Waals surface area contributed by atoms with Crippen LogP contribution in [0, 0.1) is 6.92 Å². The standard InChI is InChI=1S/C26H20F3NO6/c1-15-6-5-7-17(12-15)35-24-23(32)18-11-10-16(13-21(18)36-25(24)26(27,28)29)34-14-22(31)30-19-8-3-4-9-20(19)33-2/h3-13H,14H2,1-2H3,(H,30,31). The van der Waals surface area contributed by atoms with Crippen LogP contribution < -0.4 is 25.0 Å². The summed E-state index contributed by atoms with van der Waals surface area (Å²) < 4.78 is 62.2. The van der Waals surface area contributed by atoms with Crippen LogP contribution in [0.1, 0.15) is 11.3 Å². The highest BCUT2D eigenvalue weighted by Crippen LogP contribution is 2.38. The molecule has 0 unspecified atom stereocenters. The van der Waals surface area contributed by atoms with Gasteiger partial charge in [-0.15, -0.1) is 0 Å². The largest absolute Gasteiger partial charge is 0.495 e. The van der Waals surface area contributed by atoms with Crippen LogP contribution >= 0.6 is 0 Å². The van der Waals surface area contributed by atoms with Crippen LogP contribution in [0.4, 0.5) is 18.9 Å². The minimum atomic E-state index is -5.00. The lowest BCUT2D eigenvalue weighted by Gasteiger charge is -2.14. The van der Waals surface area contributed by atoms with E-state index < -0.39 is 35.6 Å². The van der Waals surface area contributed by atoms with Crippen LogP contribution in [0.2, 0.25) is 0 Å². The molecule has 0 fully saturated rings. The van der Waals surface area contributed by atoms with E-state index in [0.717, 1.165) is 11.6 Å². The Kier molecular flexibility index (Phi) is 6.86. The average Bonchev–Trinajstić information content (AvgIpc) is 2.84. The van der Waals surface area contributed by atoms with Crippen LogP contribution in [0.5, 0.6) is 23.0 Å². The molecule has 1 N–H and O–H groups in total. The van der Waals surface area contributed by atoms with E-state index in [1.54, 1.807) is 43.3 Å². The van der Waals surface area contributed by atoms with Crippen molar-refractivity contribution in [2.75, 3.05) is 19.0 Å². The number of rotatable bonds is 7. The fraction of sp³-hybridized carbons (Fsp3) is 0.154. The van der Waals surface area contributed by atoms with Crippen molar-refractivity contribution < 1.29 is 36.6 Å². The number of hydrogen-bond acceptors (Lipinski definition) is 6. The van der Waals surface area contributed by atoms with Gasteiger partial charge in [0.05, 0.1) is 18.2 Å². The molecule has 0 saturated heterocycles. The van der Waals surface area contributed by atoms with E-state index in [1.165, 1.54) is 31.4 Å². The van der Waals surface area contributed by atoms with E-state index in [4.69, 9.17) is 18.6 Å². The number of aryl methyl sites for hydroxylation is 1. The number of halogens is 3. The van der Waals surface area contributed by atoms with E-state index in [9.17, 15) is 22.8 Å². The van der Waals surface area contributed by atoms with Gasteiger partial charge in [-0.3, -0.25) is 9.59 Å². The quantitative estimate of drug-likeness (QED) is 0.339. The lowest BCUT2D eigenvalue weighted by molar-refractivity contribution is -0.154. The van der Waals surface area contributed by atoms with E-state index in [1.807, 2.05) is 0 Å². The second kappa shape index (κ2) is 10.0. The highest BCUT2D eigenvalue weighted by Gasteiger charge is 2.40. The van der Waals surface area contributed by atoms with Gasteiger partial charge in [0.2, 0.25) is 11.2 Å². The molecule has 0 spiro atoms. The van der Waals surface area contributed by atoms with E-state index in [0.29, 0.717) is 11.4 Å². The van der Waals surface area contributed by atoms with Gasteiger partial charge in [0.25, 0.3) is 11.7 Å². The maximum absolute atomic E-state index is 13.8. The molecule has 0 radical (unpaired) electrons. The summed E-state index contributed by atoms with van der Waals surface area (Å²) in [6.45, 7) is 1.28. The molecule has 3 aromatic carbocycles. The van der Waals surface area contributed by atoms with Crippen molar-refractivity contribution in [3.8, 4) is 23.0 Å². The number of carbonyl (C=O) groups is 1. The molecule has 1 heterocycles. The summed E-state index contributed by atoms with van der Waals surface area (Å²) in [6.07, 6.45) is -5.00. The Bertz CT molecular complexity index is 1480. The van der Waals surface area contributed by atoms with E-state index >= 15 is 0 Å². The van der Waals surface area contributed by atoms with E-state index in [2.05, 4.69) is 5.32 Å². The molecule has 0 aliphatic carbocycles. The third kappa shape index (κ3) is 5.43. The Balaban J connectivity index is 1.60. The third-order valence-corrected chi connectivity index (χ3v) is 5.04.